The minimum Gasteiger partial charge on any atom is -0.381 e. The van der Waals surface area contributed by atoms with Gasteiger partial charge in [-0.05, 0) is 84.4 Å². The number of para-hydroxylation sites is 1. The van der Waals surface area contributed by atoms with Gasteiger partial charge in [-0.15, -0.1) is 11.3 Å². The van der Waals surface area contributed by atoms with Crippen LogP contribution < -0.4 is 17.1 Å². The number of ether oxygens (including phenoxy) is 1. The SMILES string of the molecule is C1=Nc2ccccc2C1.C1CCOCC1.CC.CC.CC.CC.CC.CC.CN1CN(C)CN(C)C1.Cc1cc(C)c(C)s1.Cn1c(=O)n(C)c(=O)n(C)c1=O. The molecule has 11 nitrogen and oxygen atoms in total. The molecule has 3 aliphatic rings. The number of thiophene rings is 1. The fraction of sp³-hybridized carbons (Fsp3) is 0.682. The highest BCUT2D eigenvalue weighted by Crippen LogP contribution is 2.22. The topological polar surface area (TPSA) is 97.3 Å². The standard InChI is InChI=1S/C8H7N.C7H10S.C6H9N3O3.C6H15N3.C5H10O.6C2H6/c1-2-4-8-7(3-1)5-6-9-8;1-5-4-6(2)8-7(5)3;1-7-4(10)8(2)6(12)9(3)5(7)11;1-7-4-8(2)6-9(3)5-7;1-2-4-6-5-3-1;6*1-2/h1-4,6H,5H2;4H,1-3H3;1-3H3;4-6H2,1-3H3;1-5H2;6*1-2H3. The van der Waals surface area contributed by atoms with Gasteiger partial charge in [0.1, 0.15) is 0 Å². The van der Waals surface area contributed by atoms with E-state index in [4.69, 9.17) is 4.74 Å². The summed E-state index contributed by atoms with van der Waals surface area (Å²) in [6.07, 6.45) is 6.89. The maximum absolute atomic E-state index is 11.1. The predicted octanol–water partition coefficient (Wildman–Crippen LogP) is 9.41. The Morgan fingerprint density at radius 1 is 0.571 bits per heavy atom. The van der Waals surface area contributed by atoms with Gasteiger partial charge in [0.25, 0.3) is 0 Å². The third kappa shape index (κ3) is 27.4. The molecule has 6 rings (SSSR count). The summed E-state index contributed by atoms with van der Waals surface area (Å²) < 4.78 is 7.70. The van der Waals surface area contributed by atoms with Gasteiger partial charge in [-0.2, -0.15) is 0 Å². The third-order valence-corrected chi connectivity index (χ3v) is 8.14. The lowest BCUT2D eigenvalue weighted by Gasteiger charge is -2.36. The Bertz CT molecular complexity index is 1360. The number of fused-ring (bicyclic) bond motifs is 1. The number of aliphatic imine (C=N–C) groups is 1. The van der Waals surface area contributed by atoms with Crippen LogP contribution in [0.1, 0.15) is 123 Å². The summed E-state index contributed by atoms with van der Waals surface area (Å²) >= 11 is 1.87. The molecule has 2 fully saturated rings. The van der Waals surface area contributed by atoms with Crippen molar-refractivity contribution in [2.24, 2.45) is 26.1 Å². The zero-order chi connectivity index (χ0) is 44.8. The van der Waals surface area contributed by atoms with Gasteiger partial charge >= 0.3 is 17.1 Å². The van der Waals surface area contributed by atoms with Crippen LogP contribution in [0.25, 0.3) is 0 Å². The zero-order valence-electron chi connectivity index (χ0n) is 40.0. The van der Waals surface area contributed by atoms with Crippen molar-refractivity contribution < 1.29 is 4.74 Å². The molecule has 0 radical (unpaired) electrons. The number of rotatable bonds is 0. The molecule has 328 valence electrons. The van der Waals surface area contributed by atoms with Crippen molar-refractivity contribution in [1.29, 1.82) is 0 Å². The Hall–Kier alpha value is -3.16. The van der Waals surface area contributed by atoms with Gasteiger partial charge in [0.2, 0.25) is 0 Å². The highest BCUT2D eigenvalue weighted by molar-refractivity contribution is 7.12. The highest BCUT2D eigenvalue weighted by Gasteiger charge is 2.13. The van der Waals surface area contributed by atoms with Crippen molar-refractivity contribution >= 4 is 23.2 Å². The number of hydrogen-bond acceptors (Lipinski definition) is 9. The van der Waals surface area contributed by atoms with E-state index in [9.17, 15) is 14.4 Å². The smallest absolute Gasteiger partial charge is 0.335 e. The summed E-state index contributed by atoms with van der Waals surface area (Å²) in [5.41, 5.74) is 2.08. The molecular formula is C44H87N7O4S. The summed E-state index contributed by atoms with van der Waals surface area (Å²) in [7, 11) is 10.4. The fourth-order valence-corrected chi connectivity index (χ4v) is 5.73. The first-order valence-corrected chi connectivity index (χ1v) is 21.7. The minimum atomic E-state index is -0.608. The first-order chi connectivity index (χ1) is 26.8. The average Bonchev–Trinajstić information content (AvgIpc) is 3.85. The van der Waals surface area contributed by atoms with Crippen molar-refractivity contribution in [2.75, 3.05) is 54.4 Å². The van der Waals surface area contributed by atoms with Crippen LogP contribution in [0.4, 0.5) is 5.69 Å². The number of aromatic nitrogens is 3. The van der Waals surface area contributed by atoms with Crippen LogP contribution in [0, 0.1) is 20.8 Å². The highest BCUT2D eigenvalue weighted by atomic mass is 32.1. The second kappa shape index (κ2) is 41.5. The van der Waals surface area contributed by atoms with E-state index in [1.54, 1.807) is 0 Å². The van der Waals surface area contributed by atoms with Crippen LogP contribution in [0.5, 0.6) is 0 Å². The Kier molecular flexibility index (Phi) is 46.0. The van der Waals surface area contributed by atoms with E-state index in [2.05, 4.69) is 73.7 Å². The molecule has 3 aliphatic heterocycles. The lowest BCUT2D eigenvalue weighted by molar-refractivity contribution is 0.0149. The fourth-order valence-electron chi connectivity index (χ4n) is 4.79. The molecule has 0 saturated carbocycles. The Morgan fingerprint density at radius 3 is 1.20 bits per heavy atom. The van der Waals surface area contributed by atoms with Crippen molar-refractivity contribution in [1.82, 2.24) is 28.4 Å². The van der Waals surface area contributed by atoms with Crippen LogP contribution >= 0.6 is 11.3 Å². The Labute approximate surface area is 348 Å². The molecule has 5 heterocycles. The molecule has 0 unspecified atom stereocenters. The van der Waals surface area contributed by atoms with E-state index in [0.717, 1.165) is 59.0 Å². The minimum absolute atomic E-state index is 0.608. The van der Waals surface area contributed by atoms with E-state index in [0.29, 0.717) is 0 Å². The van der Waals surface area contributed by atoms with E-state index in [-0.39, 0.29) is 0 Å². The second-order valence-electron chi connectivity index (χ2n) is 11.4. The molecule has 0 atom stereocenters. The predicted molar refractivity (Wildman–Crippen MR) is 250 cm³/mol. The largest absolute Gasteiger partial charge is 0.381 e. The first kappa shape index (κ1) is 62.0. The molecule has 12 heteroatoms. The summed E-state index contributed by atoms with van der Waals surface area (Å²) in [6.45, 7) is 35.7. The molecule has 0 aliphatic carbocycles. The van der Waals surface area contributed by atoms with Gasteiger partial charge in [0.15, 0.2) is 0 Å². The summed E-state index contributed by atoms with van der Waals surface area (Å²) in [6, 6.07) is 10.4. The number of nitrogens with zero attached hydrogens (tertiary/aromatic N) is 7. The Morgan fingerprint density at radius 2 is 0.946 bits per heavy atom. The van der Waals surface area contributed by atoms with E-state index in [1.165, 1.54) is 61.3 Å². The monoisotopic (exact) mass is 810 g/mol. The molecule has 1 aromatic carbocycles. The molecular weight excluding hydrogens is 723 g/mol. The normalized spacial score (nSPS) is 13.4. The van der Waals surface area contributed by atoms with Crippen molar-refractivity contribution in [3.05, 3.63) is 82.7 Å². The summed E-state index contributed by atoms with van der Waals surface area (Å²) in [5.74, 6) is 0. The van der Waals surface area contributed by atoms with Crippen LogP contribution in [0.15, 0.2) is 49.7 Å². The molecule has 2 aromatic heterocycles. The third-order valence-electron chi connectivity index (χ3n) is 7.07. The maximum Gasteiger partial charge on any atom is 0.335 e. The van der Waals surface area contributed by atoms with Crippen LogP contribution in [-0.4, -0.2) is 89.0 Å². The summed E-state index contributed by atoms with van der Waals surface area (Å²) in [5, 5.41) is 0. The molecule has 0 amide bonds. The molecule has 2 saturated heterocycles. The van der Waals surface area contributed by atoms with Gasteiger partial charge in [-0.1, -0.05) is 101 Å². The first-order valence-electron chi connectivity index (χ1n) is 20.9. The molecule has 0 bridgehead atoms. The van der Waals surface area contributed by atoms with Crippen molar-refractivity contribution in [2.45, 2.75) is 130 Å². The van der Waals surface area contributed by atoms with Gasteiger partial charge in [-0.3, -0.25) is 19.7 Å². The van der Waals surface area contributed by atoms with Crippen LogP contribution in [-0.2, 0) is 32.3 Å². The number of benzene rings is 1. The van der Waals surface area contributed by atoms with E-state index >= 15 is 0 Å². The average molecular weight is 810 g/mol. The van der Waals surface area contributed by atoms with E-state index < -0.39 is 17.1 Å². The van der Waals surface area contributed by atoms with Crippen LogP contribution in [0.3, 0.4) is 0 Å². The molecule has 0 N–H and O–H groups in total. The van der Waals surface area contributed by atoms with Crippen molar-refractivity contribution in [3.63, 3.8) is 0 Å². The van der Waals surface area contributed by atoms with Gasteiger partial charge in [0.05, 0.1) is 25.7 Å². The van der Waals surface area contributed by atoms with Crippen LogP contribution in [0.2, 0.25) is 0 Å². The lowest BCUT2D eigenvalue weighted by atomic mass is 10.2. The molecule has 3 aromatic rings. The van der Waals surface area contributed by atoms with Crippen molar-refractivity contribution in [3.8, 4) is 0 Å². The Balaban J connectivity index is -0.000000183. The molecule has 56 heavy (non-hydrogen) atoms. The maximum atomic E-state index is 11.1. The van der Waals surface area contributed by atoms with E-state index in [1.807, 2.05) is 119 Å². The summed E-state index contributed by atoms with van der Waals surface area (Å²) in [4.78, 5) is 47.1. The molecule has 0 spiro atoms. The zero-order valence-corrected chi connectivity index (χ0v) is 40.8. The van der Waals surface area contributed by atoms with Gasteiger partial charge in [0, 0.05) is 56.7 Å². The van der Waals surface area contributed by atoms with Gasteiger partial charge < -0.3 is 4.74 Å². The van der Waals surface area contributed by atoms with Gasteiger partial charge in [-0.25, -0.2) is 28.1 Å². The quantitative estimate of drug-likeness (QED) is 0.223. The number of hydrogen-bond donors (Lipinski definition) is 0. The number of aryl methyl sites for hydroxylation is 3. The second-order valence-corrected chi connectivity index (χ2v) is 12.9. The lowest BCUT2D eigenvalue weighted by Crippen LogP contribution is -2.51.